The van der Waals surface area contributed by atoms with Crippen molar-refractivity contribution in [2.75, 3.05) is 0 Å². The lowest BCUT2D eigenvalue weighted by Gasteiger charge is -2.04. The third-order valence-corrected chi connectivity index (χ3v) is 2.86. The highest BCUT2D eigenvalue weighted by molar-refractivity contribution is 7.09. The molecule has 6 heteroatoms. The van der Waals surface area contributed by atoms with Gasteiger partial charge in [0.05, 0.1) is 10.4 Å². The summed E-state index contributed by atoms with van der Waals surface area (Å²) in [5, 5.41) is 17.9. The lowest BCUT2D eigenvalue weighted by Crippen LogP contribution is -2.03. The molecule has 1 aromatic heterocycles. The van der Waals surface area contributed by atoms with Gasteiger partial charge in [-0.25, -0.2) is 9.78 Å². The predicted octanol–water partition coefficient (Wildman–Crippen LogP) is 2.13. The molecular formula is C11H9NO4S. The largest absolute Gasteiger partial charge is 0.508 e. The van der Waals surface area contributed by atoms with Crippen molar-refractivity contribution < 1.29 is 19.7 Å². The fourth-order valence-electron chi connectivity index (χ4n) is 1.24. The molecule has 1 heterocycles. The Morgan fingerprint density at radius 2 is 2.06 bits per heavy atom. The molecule has 5 nitrogen and oxygen atoms in total. The number of aromatic hydroxyl groups is 1. The molecule has 0 radical (unpaired) electrons. The zero-order valence-electron chi connectivity index (χ0n) is 8.66. The van der Waals surface area contributed by atoms with Crippen LogP contribution in [-0.2, 0) is 6.61 Å². The molecule has 17 heavy (non-hydrogen) atoms. The van der Waals surface area contributed by atoms with Crippen molar-refractivity contribution in [2.45, 2.75) is 6.61 Å². The highest BCUT2D eigenvalue weighted by Gasteiger charge is 2.13. The normalized spacial score (nSPS) is 10.1. The second-order valence-corrected chi connectivity index (χ2v) is 4.15. The molecule has 0 unspecified atom stereocenters. The van der Waals surface area contributed by atoms with Gasteiger partial charge in [0.2, 0.25) is 0 Å². The quantitative estimate of drug-likeness (QED) is 0.870. The molecule has 0 aliphatic carbocycles. The van der Waals surface area contributed by atoms with Crippen molar-refractivity contribution in [3.8, 4) is 11.5 Å². The molecule has 88 valence electrons. The molecule has 0 aliphatic rings. The number of hydrogen-bond acceptors (Lipinski definition) is 5. The first kappa shape index (κ1) is 11.4. The highest BCUT2D eigenvalue weighted by atomic mass is 32.1. The van der Waals surface area contributed by atoms with E-state index in [1.807, 2.05) is 0 Å². The fourth-order valence-corrected chi connectivity index (χ4v) is 1.90. The first-order valence-corrected chi connectivity index (χ1v) is 5.62. The van der Waals surface area contributed by atoms with Crippen LogP contribution in [0.25, 0.3) is 0 Å². The molecule has 0 saturated heterocycles. The topological polar surface area (TPSA) is 79.7 Å². The van der Waals surface area contributed by atoms with Gasteiger partial charge in [0.25, 0.3) is 0 Å². The maximum Gasteiger partial charge on any atom is 0.355 e. The molecular weight excluding hydrogens is 242 g/mol. The molecule has 0 fully saturated rings. The van der Waals surface area contributed by atoms with Crippen LogP contribution in [0, 0.1) is 0 Å². The summed E-state index contributed by atoms with van der Waals surface area (Å²) in [5.74, 6) is -0.343. The Kier molecular flexibility index (Phi) is 3.24. The summed E-state index contributed by atoms with van der Waals surface area (Å²) in [5.41, 5.74) is 1.49. The van der Waals surface area contributed by atoms with Crippen LogP contribution in [0.5, 0.6) is 11.5 Å². The van der Waals surface area contributed by atoms with Gasteiger partial charge in [0.15, 0.2) is 5.69 Å². The molecule has 0 amide bonds. The van der Waals surface area contributed by atoms with E-state index in [0.717, 1.165) is 0 Å². The summed E-state index contributed by atoms with van der Waals surface area (Å²) in [6.45, 7) is 0.150. The third-order valence-electron chi connectivity index (χ3n) is 2.05. The number of carbonyl (C=O) groups is 1. The van der Waals surface area contributed by atoms with Crippen LogP contribution >= 0.6 is 11.3 Å². The van der Waals surface area contributed by atoms with Gasteiger partial charge in [-0.2, -0.15) is 0 Å². The summed E-state index contributed by atoms with van der Waals surface area (Å²) < 4.78 is 5.39. The third kappa shape index (κ3) is 2.73. The summed E-state index contributed by atoms with van der Waals surface area (Å²) in [4.78, 5) is 15.1. The van der Waals surface area contributed by atoms with Gasteiger partial charge in [-0.05, 0) is 24.3 Å². The summed E-state index contributed by atoms with van der Waals surface area (Å²) >= 11 is 1.23. The zero-order valence-corrected chi connectivity index (χ0v) is 9.48. The van der Waals surface area contributed by atoms with Gasteiger partial charge in [-0.1, -0.05) is 0 Å². The van der Waals surface area contributed by atoms with Gasteiger partial charge in [-0.15, -0.1) is 11.3 Å². The Morgan fingerprint density at radius 3 is 2.71 bits per heavy atom. The maximum absolute atomic E-state index is 10.8. The van der Waals surface area contributed by atoms with Crippen molar-refractivity contribution in [2.24, 2.45) is 0 Å². The van der Waals surface area contributed by atoms with Gasteiger partial charge in [-0.3, -0.25) is 0 Å². The van der Waals surface area contributed by atoms with Gasteiger partial charge in [0.1, 0.15) is 18.1 Å². The van der Waals surface area contributed by atoms with E-state index in [2.05, 4.69) is 4.98 Å². The Labute approximate surface area is 101 Å². The van der Waals surface area contributed by atoms with Crippen LogP contribution in [0.3, 0.4) is 0 Å². The zero-order chi connectivity index (χ0) is 12.3. The number of carboxylic acid groups (broad SMARTS) is 1. The molecule has 2 rings (SSSR count). The Balaban J connectivity index is 2.05. The first-order chi connectivity index (χ1) is 8.16. The smallest absolute Gasteiger partial charge is 0.355 e. The summed E-state index contributed by atoms with van der Waals surface area (Å²) in [7, 11) is 0. The molecule has 0 spiro atoms. The summed E-state index contributed by atoms with van der Waals surface area (Å²) in [6, 6.07) is 6.22. The van der Waals surface area contributed by atoms with E-state index in [1.165, 1.54) is 29.0 Å². The highest BCUT2D eigenvalue weighted by Crippen LogP contribution is 2.20. The van der Waals surface area contributed by atoms with Crippen LogP contribution in [0.1, 0.15) is 15.4 Å². The second kappa shape index (κ2) is 4.84. The second-order valence-electron chi connectivity index (χ2n) is 3.21. The van der Waals surface area contributed by atoms with E-state index < -0.39 is 5.97 Å². The number of rotatable bonds is 4. The Hall–Kier alpha value is -2.08. The lowest BCUT2D eigenvalue weighted by molar-refractivity contribution is 0.0688. The summed E-state index contributed by atoms with van der Waals surface area (Å²) in [6.07, 6.45) is 0. The number of phenolic OH excluding ortho intramolecular Hbond substituents is 1. The van der Waals surface area contributed by atoms with Crippen molar-refractivity contribution in [1.29, 1.82) is 0 Å². The number of ether oxygens (including phenoxy) is 1. The molecule has 0 atom stereocenters. The first-order valence-electron chi connectivity index (χ1n) is 4.74. The van der Waals surface area contributed by atoms with E-state index >= 15 is 0 Å². The minimum atomic E-state index is -1.06. The van der Waals surface area contributed by atoms with Crippen LogP contribution < -0.4 is 4.74 Å². The van der Waals surface area contributed by atoms with Gasteiger partial charge >= 0.3 is 5.97 Å². The number of aromatic nitrogens is 1. The number of benzene rings is 1. The lowest BCUT2D eigenvalue weighted by atomic mass is 10.3. The fraction of sp³-hybridized carbons (Fsp3) is 0.0909. The Bertz CT molecular complexity index is 521. The average Bonchev–Trinajstić information content (AvgIpc) is 2.76. The maximum atomic E-state index is 10.8. The predicted molar refractivity (Wildman–Crippen MR) is 61.5 cm³/mol. The minimum Gasteiger partial charge on any atom is -0.508 e. The van der Waals surface area contributed by atoms with Gasteiger partial charge in [0, 0.05) is 0 Å². The van der Waals surface area contributed by atoms with Gasteiger partial charge < -0.3 is 14.9 Å². The van der Waals surface area contributed by atoms with Crippen LogP contribution in [-0.4, -0.2) is 21.2 Å². The monoisotopic (exact) mass is 251 g/mol. The molecule has 0 bridgehead atoms. The number of carboxylic acids is 1. The Morgan fingerprint density at radius 1 is 1.35 bits per heavy atom. The van der Waals surface area contributed by atoms with E-state index in [1.54, 1.807) is 12.1 Å². The van der Waals surface area contributed by atoms with Crippen LogP contribution in [0.15, 0.2) is 29.8 Å². The number of phenols is 1. The number of thiazole rings is 1. The van der Waals surface area contributed by atoms with E-state index in [9.17, 15) is 4.79 Å². The van der Waals surface area contributed by atoms with Crippen LogP contribution in [0.2, 0.25) is 0 Å². The standard InChI is InChI=1S/C11H9NO4S/c13-7-1-3-8(4-2-7)16-5-9-10(11(14)15)12-6-17-9/h1-4,6,13H,5H2,(H,14,15). The minimum absolute atomic E-state index is 0.0220. The van der Waals surface area contributed by atoms with Crippen molar-refractivity contribution in [1.82, 2.24) is 4.98 Å². The molecule has 0 aliphatic heterocycles. The van der Waals surface area contributed by atoms with Crippen LogP contribution in [0.4, 0.5) is 0 Å². The van der Waals surface area contributed by atoms with Crippen molar-refractivity contribution >= 4 is 17.3 Å². The van der Waals surface area contributed by atoms with Crippen molar-refractivity contribution in [3.05, 3.63) is 40.3 Å². The molecule has 2 N–H and O–H groups in total. The number of hydrogen-bond donors (Lipinski definition) is 2. The molecule has 2 aromatic rings. The number of nitrogens with zero attached hydrogens (tertiary/aromatic N) is 1. The van der Waals surface area contributed by atoms with Crippen molar-refractivity contribution in [3.63, 3.8) is 0 Å². The SMILES string of the molecule is O=C(O)c1ncsc1COc1ccc(O)cc1. The van der Waals surface area contributed by atoms with E-state index in [0.29, 0.717) is 10.6 Å². The average molecular weight is 251 g/mol. The van der Waals surface area contributed by atoms with E-state index in [4.69, 9.17) is 14.9 Å². The number of aromatic carboxylic acids is 1. The van der Waals surface area contributed by atoms with E-state index in [-0.39, 0.29) is 18.1 Å². The molecule has 1 aromatic carbocycles. The molecule has 0 saturated carbocycles.